The molecular formula is C12H11BrN4O2. The zero-order valence-corrected chi connectivity index (χ0v) is 11.7. The van der Waals surface area contributed by atoms with Crippen LogP contribution in [0.5, 0.6) is 0 Å². The van der Waals surface area contributed by atoms with Crippen LogP contribution in [0.25, 0.3) is 11.3 Å². The number of hydrogen-bond acceptors (Lipinski definition) is 5. The highest BCUT2D eigenvalue weighted by molar-refractivity contribution is 9.10. The molecule has 98 valence electrons. The van der Waals surface area contributed by atoms with Crippen LogP contribution in [-0.2, 0) is 0 Å². The number of rotatable bonds is 4. The minimum atomic E-state index is -0.480. The first-order chi connectivity index (χ1) is 9.11. The molecule has 7 heteroatoms. The fourth-order valence-corrected chi connectivity index (χ4v) is 2.00. The zero-order valence-electron chi connectivity index (χ0n) is 10.1. The number of nitrogens with one attached hydrogen (secondary N) is 1. The van der Waals surface area contributed by atoms with E-state index in [9.17, 15) is 10.1 Å². The van der Waals surface area contributed by atoms with E-state index >= 15 is 0 Å². The summed E-state index contributed by atoms with van der Waals surface area (Å²) in [6.07, 6.45) is 1.22. The molecule has 0 fully saturated rings. The monoisotopic (exact) mass is 322 g/mol. The first-order valence-electron chi connectivity index (χ1n) is 5.63. The Morgan fingerprint density at radius 1 is 1.47 bits per heavy atom. The molecule has 0 aliphatic heterocycles. The van der Waals surface area contributed by atoms with Crippen LogP contribution in [0.3, 0.4) is 0 Å². The van der Waals surface area contributed by atoms with Gasteiger partial charge in [-0.1, -0.05) is 28.1 Å². The van der Waals surface area contributed by atoms with Gasteiger partial charge in [0, 0.05) is 16.6 Å². The molecular weight excluding hydrogens is 312 g/mol. The molecule has 2 rings (SSSR count). The summed E-state index contributed by atoms with van der Waals surface area (Å²) in [5, 5.41) is 14.0. The van der Waals surface area contributed by atoms with Crippen LogP contribution in [0.4, 0.5) is 11.6 Å². The fourth-order valence-electron chi connectivity index (χ4n) is 1.60. The average Bonchev–Trinajstić information content (AvgIpc) is 2.39. The molecule has 2 aromatic rings. The molecule has 0 atom stereocenters. The Morgan fingerprint density at radius 3 is 2.89 bits per heavy atom. The van der Waals surface area contributed by atoms with Gasteiger partial charge in [-0.3, -0.25) is 10.1 Å². The Morgan fingerprint density at radius 2 is 2.26 bits per heavy atom. The fraction of sp³-hybridized carbons (Fsp3) is 0.167. The zero-order chi connectivity index (χ0) is 13.8. The van der Waals surface area contributed by atoms with Gasteiger partial charge >= 0.3 is 5.69 Å². The standard InChI is InChI=1S/C12H11BrN4O2/c1-2-14-12-15-7-10(17(18)19)11(16-12)8-4-3-5-9(13)6-8/h3-7H,2H2,1H3,(H,14,15,16). The maximum absolute atomic E-state index is 11.0. The topological polar surface area (TPSA) is 81.0 Å². The summed E-state index contributed by atoms with van der Waals surface area (Å²) >= 11 is 3.34. The number of hydrogen-bond donors (Lipinski definition) is 1. The predicted octanol–water partition coefficient (Wildman–Crippen LogP) is 3.25. The average molecular weight is 323 g/mol. The van der Waals surface area contributed by atoms with Crippen molar-refractivity contribution in [3.05, 3.63) is 45.0 Å². The number of halogens is 1. The number of anilines is 1. The van der Waals surface area contributed by atoms with Crippen molar-refractivity contribution in [3.63, 3.8) is 0 Å². The smallest absolute Gasteiger partial charge is 0.313 e. The molecule has 0 aliphatic carbocycles. The Labute approximate surface area is 118 Å². The summed E-state index contributed by atoms with van der Waals surface area (Å²) in [5.41, 5.74) is 0.861. The molecule has 0 spiro atoms. The maximum atomic E-state index is 11.0. The first kappa shape index (κ1) is 13.4. The van der Waals surface area contributed by atoms with Crippen molar-refractivity contribution in [1.82, 2.24) is 9.97 Å². The van der Waals surface area contributed by atoms with Crippen LogP contribution >= 0.6 is 15.9 Å². The summed E-state index contributed by atoms with van der Waals surface area (Å²) in [6, 6.07) is 7.21. The van der Waals surface area contributed by atoms with E-state index in [0.29, 0.717) is 23.8 Å². The van der Waals surface area contributed by atoms with E-state index in [1.54, 1.807) is 18.2 Å². The van der Waals surface area contributed by atoms with Gasteiger partial charge in [0.2, 0.25) is 5.95 Å². The van der Waals surface area contributed by atoms with Gasteiger partial charge in [0.25, 0.3) is 0 Å². The molecule has 0 saturated carbocycles. The van der Waals surface area contributed by atoms with Crippen LogP contribution in [0.1, 0.15) is 6.92 Å². The molecule has 0 bridgehead atoms. The largest absolute Gasteiger partial charge is 0.354 e. The van der Waals surface area contributed by atoms with Crippen LogP contribution < -0.4 is 5.32 Å². The Kier molecular flexibility index (Phi) is 4.06. The van der Waals surface area contributed by atoms with E-state index in [0.717, 1.165) is 4.47 Å². The van der Waals surface area contributed by atoms with E-state index in [2.05, 4.69) is 31.2 Å². The number of nitrogens with zero attached hydrogens (tertiary/aromatic N) is 3. The highest BCUT2D eigenvalue weighted by atomic mass is 79.9. The molecule has 0 unspecified atom stereocenters. The van der Waals surface area contributed by atoms with E-state index < -0.39 is 4.92 Å². The van der Waals surface area contributed by atoms with Crippen LogP contribution in [0, 0.1) is 10.1 Å². The van der Waals surface area contributed by atoms with Gasteiger partial charge in [0.05, 0.1) is 4.92 Å². The quantitative estimate of drug-likeness (QED) is 0.690. The molecule has 1 heterocycles. The third-order valence-electron chi connectivity index (χ3n) is 2.40. The van der Waals surface area contributed by atoms with Crippen molar-refractivity contribution in [2.75, 3.05) is 11.9 Å². The van der Waals surface area contributed by atoms with Crippen molar-refractivity contribution in [1.29, 1.82) is 0 Å². The Bertz CT molecular complexity index is 618. The molecule has 6 nitrogen and oxygen atoms in total. The Hall–Kier alpha value is -2.02. The maximum Gasteiger partial charge on any atom is 0.313 e. The predicted molar refractivity (Wildman–Crippen MR) is 76.0 cm³/mol. The second kappa shape index (κ2) is 5.75. The lowest BCUT2D eigenvalue weighted by Crippen LogP contribution is -2.04. The lowest BCUT2D eigenvalue weighted by Gasteiger charge is -2.06. The first-order valence-corrected chi connectivity index (χ1v) is 6.42. The Balaban J connectivity index is 2.57. The van der Waals surface area contributed by atoms with Gasteiger partial charge in [-0.05, 0) is 19.1 Å². The number of aromatic nitrogens is 2. The third-order valence-corrected chi connectivity index (χ3v) is 2.89. The second-order valence-corrected chi connectivity index (χ2v) is 4.64. The van der Waals surface area contributed by atoms with Crippen molar-refractivity contribution in [2.24, 2.45) is 0 Å². The van der Waals surface area contributed by atoms with Gasteiger partial charge in [0.15, 0.2) is 5.69 Å². The molecule has 1 aromatic carbocycles. The lowest BCUT2D eigenvalue weighted by atomic mass is 10.1. The van der Waals surface area contributed by atoms with Crippen LogP contribution in [0.2, 0.25) is 0 Å². The van der Waals surface area contributed by atoms with E-state index in [1.165, 1.54) is 6.20 Å². The summed E-state index contributed by atoms with van der Waals surface area (Å²) < 4.78 is 0.836. The molecule has 1 N–H and O–H groups in total. The molecule has 19 heavy (non-hydrogen) atoms. The normalized spacial score (nSPS) is 10.2. The van der Waals surface area contributed by atoms with Crippen molar-refractivity contribution >= 4 is 27.6 Å². The molecule has 1 aromatic heterocycles. The SMILES string of the molecule is CCNc1ncc([N+](=O)[O-])c(-c2cccc(Br)c2)n1. The van der Waals surface area contributed by atoms with Gasteiger partial charge < -0.3 is 5.32 Å². The minimum absolute atomic E-state index is 0.111. The molecule has 0 aliphatic rings. The summed E-state index contributed by atoms with van der Waals surface area (Å²) in [5.74, 6) is 0.378. The van der Waals surface area contributed by atoms with Crippen LogP contribution in [0.15, 0.2) is 34.9 Å². The third kappa shape index (κ3) is 3.05. The summed E-state index contributed by atoms with van der Waals surface area (Å²) in [7, 11) is 0. The van der Waals surface area contributed by atoms with E-state index in [4.69, 9.17) is 0 Å². The van der Waals surface area contributed by atoms with Crippen LogP contribution in [-0.4, -0.2) is 21.4 Å². The highest BCUT2D eigenvalue weighted by Crippen LogP contribution is 2.29. The highest BCUT2D eigenvalue weighted by Gasteiger charge is 2.18. The van der Waals surface area contributed by atoms with Crippen molar-refractivity contribution in [2.45, 2.75) is 6.92 Å². The molecule has 0 radical (unpaired) electrons. The van der Waals surface area contributed by atoms with Gasteiger partial charge in [0.1, 0.15) is 6.20 Å². The molecule has 0 saturated heterocycles. The number of nitro groups is 1. The van der Waals surface area contributed by atoms with E-state index in [-0.39, 0.29) is 5.69 Å². The van der Waals surface area contributed by atoms with Gasteiger partial charge in [-0.15, -0.1) is 0 Å². The van der Waals surface area contributed by atoms with Gasteiger partial charge in [-0.2, -0.15) is 0 Å². The summed E-state index contributed by atoms with van der Waals surface area (Å²) in [4.78, 5) is 18.7. The summed E-state index contributed by atoms with van der Waals surface area (Å²) in [6.45, 7) is 2.55. The van der Waals surface area contributed by atoms with E-state index in [1.807, 2.05) is 13.0 Å². The minimum Gasteiger partial charge on any atom is -0.354 e. The molecule has 0 amide bonds. The van der Waals surface area contributed by atoms with Crippen molar-refractivity contribution < 1.29 is 4.92 Å². The lowest BCUT2D eigenvalue weighted by molar-refractivity contribution is -0.384. The number of benzene rings is 1. The van der Waals surface area contributed by atoms with Crippen molar-refractivity contribution in [3.8, 4) is 11.3 Å². The van der Waals surface area contributed by atoms with Gasteiger partial charge in [-0.25, -0.2) is 9.97 Å². The second-order valence-electron chi connectivity index (χ2n) is 3.73.